The summed E-state index contributed by atoms with van der Waals surface area (Å²) in [5.41, 5.74) is 17.0. The van der Waals surface area contributed by atoms with Crippen LogP contribution < -0.4 is 16.2 Å². The summed E-state index contributed by atoms with van der Waals surface area (Å²) >= 11 is 0. The van der Waals surface area contributed by atoms with Crippen molar-refractivity contribution in [1.82, 2.24) is 4.57 Å². The van der Waals surface area contributed by atoms with Crippen LogP contribution in [0, 0.1) is 0 Å². The molecule has 0 spiro atoms. The van der Waals surface area contributed by atoms with Crippen molar-refractivity contribution in [3.8, 4) is 5.75 Å². The van der Waals surface area contributed by atoms with Gasteiger partial charge in [-0.25, -0.2) is 0 Å². The van der Waals surface area contributed by atoms with Crippen LogP contribution in [0.5, 0.6) is 5.75 Å². The lowest BCUT2D eigenvalue weighted by Crippen LogP contribution is -2.10. The lowest BCUT2D eigenvalue weighted by molar-refractivity contribution is 0.0544. The molecule has 0 aliphatic carbocycles. The van der Waals surface area contributed by atoms with Gasteiger partial charge in [-0.3, -0.25) is 0 Å². The highest BCUT2D eigenvalue weighted by molar-refractivity contribution is 6.09. The standard InChI is InChI=1S/C24H27N3O3.2ClH/c1-28-9-10-29-11-12-30-20-4-2-3-17(13-20)16-27-23-14-18(25)5-7-21(23)22-8-6-19(26)15-24(22)27;;/h2-8,13-15H,9-12,16,25-26H2,1H3;2*1H. The van der Waals surface area contributed by atoms with E-state index in [0.29, 0.717) is 33.0 Å². The molecule has 6 nitrogen and oxygen atoms in total. The molecule has 1 aromatic heterocycles. The molecule has 0 fully saturated rings. The van der Waals surface area contributed by atoms with Gasteiger partial charge in [-0.1, -0.05) is 24.3 Å². The Balaban J connectivity index is 0.00000181. The second kappa shape index (κ2) is 11.8. The Morgan fingerprint density at radius 1 is 0.750 bits per heavy atom. The molecule has 0 unspecified atom stereocenters. The Morgan fingerprint density at radius 3 is 2.00 bits per heavy atom. The summed E-state index contributed by atoms with van der Waals surface area (Å²) in [6.45, 7) is 2.87. The van der Waals surface area contributed by atoms with Crippen molar-refractivity contribution in [2.45, 2.75) is 6.54 Å². The maximum Gasteiger partial charge on any atom is 0.119 e. The molecule has 0 bridgehead atoms. The van der Waals surface area contributed by atoms with Gasteiger partial charge in [0.05, 0.1) is 30.9 Å². The summed E-state index contributed by atoms with van der Waals surface area (Å²) in [5.74, 6) is 0.822. The molecular weight excluding hydrogens is 449 g/mol. The minimum atomic E-state index is 0. The summed E-state index contributed by atoms with van der Waals surface area (Å²) in [6.07, 6.45) is 0. The van der Waals surface area contributed by atoms with Gasteiger partial charge in [-0.2, -0.15) is 0 Å². The van der Waals surface area contributed by atoms with Crippen molar-refractivity contribution in [3.63, 3.8) is 0 Å². The maximum absolute atomic E-state index is 6.08. The first kappa shape index (κ1) is 25.6. The third-order valence-corrected chi connectivity index (χ3v) is 5.08. The van der Waals surface area contributed by atoms with Crippen LogP contribution in [0.2, 0.25) is 0 Å². The van der Waals surface area contributed by atoms with E-state index >= 15 is 0 Å². The summed E-state index contributed by atoms with van der Waals surface area (Å²) in [6, 6.07) is 20.2. The number of aromatic nitrogens is 1. The number of methoxy groups -OCH3 is 1. The number of rotatable bonds is 9. The Kier molecular flexibility index (Phi) is 9.47. The van der Waals surface area contributed by atoms with Crippen LogP contribution >= 0.6 is 24.8 Å². The number of nitrogen functional groups attached to an aromatic ring is 2. The van der Waals surface area contributed by atoms with Crippen LogP contribution in [0.15, 0.2) is 60.7 Å². The normalized spacial score (nSPS) is 10.7. The number of anilines is 2. The van der Waals surface area contributed by atoms with Crippen molar-refractivity contribution in [2.24, 2.45) is 0 Å². The minimum absolute atomic E-state index is 0. The van der Waals surface area contributed by atoms with Crippen molar-refractivity contribution >= 4 is 58.0 Å². The molecule has 0 atom stereocenters. The lowest BCUT2D eigenvalue weighted by atomic mass is 10.1. The van der Waals surface area contributed by atoms with Crippen molar-refractivity contribution in [3.05, 3.63) is 66.2 Å². The van der Waals surface area contributed by atoms with Gasteiger partial charge in [-0.15, -0.1) is 24.8 Å². The largest absolute Gasteiger partial charge is 0.491 e. The fourth-order valence-corrected chi connectivity index (χ4v) is 3.68. The van der Waals surface area contributed by atoms with E-state index in [9.17, 15) is 0 Å². The number of benzene rings is 3. The number of ether oxygens (including phenoxy) is 3. The fraction of sp³-hybridized carbons (Fsp3) is 0.250. The summed E-state index contributed by atoms with van der Waals surface area (Å²) in [7, 11) is 1.66. The Bertz CT molecular complexity index is 1100. The summed E-state index contributed by atoms with van der Waals surface area (Å²) in [5, 5.41) is 2.33. The van der Waals surface area contributed by atoms with Gasteiger partial charge in [0.1, 0.15) is 12.4 Å². The van der Waals surface area contributed by atoms with E-state index < -0.39 is 0 Å². The van der Waals surface area contributed by atoms with E-state index in [1.165, 1.54) is 10.8 Å². The molecule has 1 heterocycles. The summed E-state index contributed by atoms with van der Waals surface area (Å²) in [4.78, 5) is 0. The van der Waals surface area contributed by atoms with Crippen LogP contribution in [0.3, 0.4) is 0 Å². The Labute approximate surface area is 200 Å². The van der Waals surface area contributed by atoms with Gasteiger partial charge >= 0.3 is 0 Å². The van der Waals surface area contributed by atoms with Gasteiger partial charge in [0, 0.05) is 35.8 Å². The zero-order chi connectivity index (χ0) is 20.9. The molecule has 32 heavy (non-hydrogen) atoms. The first-order valence-electron chi connectivity index (χ1n) is 10.0. The average Bonchev–Trinajstić information content (AvgIpc) is 3.03. The number of hydrogen-bond acceptors (Lipinski definition) is 5. The van der Waals surface area contributed by atoms with Crippen molar-refractivity contribution in [1.29, 1.82) is 0 Å². The Hall–Kier alpha value is -2.64. The monoisotopic (exact) mass is 477 g/mol. The van der Waals surface area contributed by atoms with E-state index in [4.69, 9.17) is 25.7 Å². The number of nitrogens with two attached hydrogens (primary N) is 2. The average molecular weight is 478 g/mol. The van der Waals surface area contributed by atoms with Crippen LogP contribution in [-0.2, 0) is 16.0 Å². The minimum Gasteiger partial charge on any atom is -0.491 e. The molecule has 0 saturated heterocycles. The van der Waals surface area contributed by atoms with E-state index in [-0.39, 0.29) is 24.8 Å². The SMILES string of the molecule is COCCOCCOc1cccc(Cn2c3cc(N)ccc3c3ccc(N)cc32)c1.Cl.Cl. The number of hydrogen-bond donors (Lipinski definition) is 2. The second-order valence-corrected chi connectivity index (χ2v) is 7.24. The lowest BCUT2D eigenvalue weighted by Gasteiger charge is -2.11. The molecular formula is C24H29Cl2N3O3. The van der Waals surface area contributed by atoms with Gasteiger partial charge in [0.25, 0.3) is 0 Å². The van der Waals surface area contributed by atoms with Gasteiger partial charge in [0.2, 0.25) is 0 Å². The quantitative estimate of drug-likeness (QED) is 0.264. The van der Waals surface area contributed by atoms with E-state index in [1.54, 1.807) is 7.11 Å². The molecule has 0 aliphatic rings. The molecule has 0 radical (unpaired) electrons. The smallest absolute Gasteiger partial charge is 0.119 e. The molecule has 4 aromatic rings. The van der Waals surface area contributed by atoms with Crippen LogP contribution in [-0.4, -0.2) is 38.1 Å². The molecule has 0 saturated carbocycles. The van der Waals surface area contributed by atoms with E-state index in [2.05, 4.69) is 28.8 Å². The highest BCUT2D eigenvalue weighted by Crippen LogP contribution is 2.32. The third-order valence-electron chi connectivity index (χ3n) is 5.08. The number of nitrogens with zero attached hydrogens (tertiary/aromatic N) is 1. The highest BCUT2D eigenvalue weighted by Gasteiger charge is 2.12. The van der Waals surface area contributed by atoms with Gasteiger partial charge < -0.3 is 30.2 Å². The zero-order valence-corrected chi connectivity index (χ0v) is 19.6. The molecule has 172 valence electrons. The topological polar surface area (TPSA) is 84.7 Å². The van der Waals surface area contributed by atoms with Crippen molar-refractivity contribution in [2.75, 3.05) is 45.0 Å². The predicted molar refractivity (Wildman–Crippen MR) is 136 cm³/mol. The Morgan fingerprint density at radius 2 is 1.38 bits per heavy atom. The first-order chi connectivity index (χ1) is 14.7. The number of halogens is 2. The number of fused-ring (bicyclic) bond motifs is 3. The van der Waals surface area contributed by atoms with Crippen LogP contribution in [0.4, 0.5) is 11.4 Å². The fourth-order valence-electron chi connectivity index (χ4n) is 3.68. The van der Waals surface area contributed by atoms with Gasteiger partial charge in [-0.05, 0) is 42.0 Å². The van der Waals surface area contributed by atoms with Crippen LogP contribution in [0.1, 0.15) is 5.56 Å². The van der Waals surface area contributed by atoms with Crippen molar-refractivity contribution < 1.29 is 14.2 Å². The third kappa shape index (κ3) is 5.78. The predicted octanol–water partition coefficient (Wildman–Crippen LogP) is 4.89. The summed E-state index contributed by atoms with van der Waals surface area (Å²) < 4.78 is 18.5. The molecule has 0 aliphatic heterocycles. The second-order valence-electron chi connectivity index (χ2n) is 7.24. The van der Waals surface area contributed by atoms with Crippen LogP contribution in [0.25, 0.3) is 21.8 Å². The molecule has 3 aromatic carbocycles. The highest BCUT2D eigenvalue weighted by atomic mass is 35.5. The first-order valence-corrected chi connectivity index (χ1v) is 10.0. The van der Waals surface area contributed by atoms with E-state index in [0.717, 1.165) is 33.7 Å². The molecule has 8 heteroatoms. The maximum atomic E-state index is 6.08. The molecule has 0 amide bonds. The molecule has 4 rings (SSSR count). The zero-order valence-electron chi connectivity index (χ0n) is 18.0. The molecule has 4 N–H and O–H groups in total. The van der Waals surface area contributed by atoms with Gasteiger partial charge in [0.15, 0.2) is 0 Å². The van der Waals surface area contributed by atoms with E-state index in [1.807, 2.05) is 36.4 Å².